The van der Waals surface area contributed by atoms with E-state index in [2.05, 4.69) is 9.37 Å². The summed E-state index contributed by atoms with van der Waals surface area (Å²) in [5, 5.41) is 36.3. The summed E-state index contributed by atoms with van der Waals surface area (Å²) in [6, 6.07) is 9.49. The molecule has 0 spiro atoms. The van der Waals surface area contributed by atoms with Crippen LogP contribution in [0.1, 0.15) is 59.1 Å². The number of carbonyl (C=O) groups excluding carboxylic acids is 2. The fraction of sp³-hybridized carbons (Fsp3) is 0.324. The second kappa shape index (κ2) is 21.1. The van der Waals surface area contributed by atoms with Crippen molar-refractivity contribution in [3.63, 3.8) is 0 Å². The molecule has 0 N–H and O–H groups in total. The minimum atomic E-state index is -4.69. The van der Waals surface area contributed by atoms with Crippen LogP contribution in [0.2, 0.25) is 0 Å². The first kappa shape index (κ1) is 49.9. The molecule has 4 rings (SSSR count). The van der Waals surface area contributed by atoms with Gasteiger partial charge in [-0.15, -0.1) is 0 Å². The zero-order valence-electron chi connectivity index (χ0n) is 29.1. The fourth-order valence-electron chi connectivity index (χ4n) is 5.94. The van der Waals surface area contributed by atoms with Gasteiger partial charge < -0.3 is 34.5 Å². The second-order valence-corrected chi connectivity index (χ2v) is 14.0. The maximum absolute atomic E-state index is 11.7. The molecule has 0 amide bonds. The molecule has 12 nitrogen and oxygen atoms in total. The molecule has 0 bridgehead atoms. The third-order valence-electron chi connectivity index (χ3n) is 8.21. The van der Waals surface area contributed by atoms with Crippen LogP contribution in [0.25, 0.3) is 0 Å². The molecular weight excluding hydrogens is 729 g/mol. The SMILES string of the molecule is C.CC1(C)C(/C=C/C=C/C=C/C=C2/N(CCC(=O)[O-])c3ccc(S(=O)(=O)[O-])cc3C2(C)C)=[N+](CCC(=O)[O-])c2ccc(SOO[O-])cc21.[Na+].[Na+].[Na+]. The molecule has 0 unspecified atom stereocenters. The van der Waals surface area contributed by atoms with Gasteiger partial charge in [0, 0.05) is 70.7 Å². The molecule has 0 radical (unpaired) electrons. The molecule has 17 heteroatoms. The summed E-state index contributed by atoms with van der Waals surface area (Å²) < 4.78 is 41.4. The van der Waals surface area contributed by atoms with Crippen LogP contribution in [-0.2, 0) is 39.9 Å². The number of nitrogens with zero attached hydrogens (tertiary/aromatic N) is 2. The number of allylic oxidation sites excluding steroid dienone is 8. The Balaban J connectivity index is 0.00000625. The molecule has 0 aliphatic carbocycles. The average Bonchev–Trinajstić information content (AvgIpc) is 3.34. The van der Waals surface area contributed by atoms with Gasteiger partial charge in [0.2, 0.25) is 5.69 Å². The van der Waals surface area contributed by atoms with Crippen LogP contribution in [0.3, 0.4) is 0 Å². The van der Waals surface area contributed by atoms with Gasteiger partial charge in [0.05, 0.1) is 22.4 Å². The number of hydrogen-bond donors (Lipinski definition) is 0. The summed E-state index contributed by atoms with van der Waals surface area (Å²) in [5.74, 6) is -2.40. The number of carboxylic acids is 2. The van der Waals surface area contributed by atoms with Crippen molar-refractivity contribution in [3.05, 3.63) is 95.8 Å². The van der Waals surface area contributed by atoms with E-state index in [9.17, 15) is 38.0 Å². The van der Waals surface area contributed by atoms with Crippen molar-refractivity contribution >= 4 is 51.2 Å². The first-order valence-electron chi connectivity index (χ1n) is 14.5. The summed E-state index contributed by atoms with van der Waals surface area (Å²) in [5.41, 5.74) is 3.23. The maximum Gasteiger partial charge on any atom is 1.00 e. The molecule has 0 aromatic heterocycles. The molecule has 0 saturated carbocycles. The zero-order chi connectivity index (χ0) is 34.6. The number of carboxylic acid groups (broad SMARTS) is 2. The van der Waals surface area contributed by atoms with Crippen molar-refractivity contribution in [1.29, 1.82) is 0 Å². The van der Waals surface area contributed by atoms with Gasteiger partial charge in [0.25, 0.3) is 0 Å². The van der Waals surface area contributed by atoms with Gasteiger partial charge in [-0.2, -0.15) is 8.91 Å². The Hall–Kier alpha value is -1.05. The van der Waals surface area contributed by atoms with Crippen LogP contribution in [0.5, 0.6) is 0 Å². The van der Waals surface area contributed by atoms with E-state index in [-0.39, 0.29) is 127 Å². The van der Waals surface area contributed by atoms with Gasteiger partial charge >= 0.3 is 88.7 Å². The van der Waals surface area contributed by atoms with Crippen LogP contribution in [0.15, 0.2) is 94.4 Å². The molecule has 0 fully saturated rings. The summed E-state index contributed by atoms with van der Waals surface area (Å²) in [6.07, 6.45) is 12.2. The van der Waals surface area contributed by atoms with Crippen LogP contribution < -0.4 is 109 Å². The van der Waals surface area contributed by atoms with E-state index in [1.807, 2.05) is 56.6 Å². The van der Waals surface area contributed by atoms with Gasteiger partial charge in [-0.05, 0) is 55.8 Å². The number of hydrogen-bond acceptors (Lipinski definition) is 12. The van der Waals surface area contributed by atoms with Crippen LogP contribution in [-0.4, -0.2) is 48.3 Å². The summed E-state index contributed by atoms with van der Waals surface area (Å²) >= 11 is 0.771. The third-order valence-corrected chi connectivity index (χ3v) is 9.61. The smallest absolute Gasteiger partial charge is 0.744 e. The van der Waals surface area contributed by atoms with E-state index in [1.165, 1.54) is 18.2 Å². The fourth-order valence-corrected chi connectivity index (χ4v) is 6.84. The second-order valence-electron chi connectivity index (χ2n) is 11.9. The molecule has 0 saturated heterocycles. The zero-order valence-corrected chi connectivity index (χ0v) is 36.8. The van der Waals surface area contributed by atoms with Crippen molar-refractivity contribution < 1.29 is 141 Å². The third kappa shape index (κ3) is 12.0. The van der Waals surface area contributed by atoms with E-state index in [0.717, 1.165) is 29.0 Å². The number of aliphatic carboxylic acids is 2. The quantitative estimate of drug-likeness (QED) is 0.0338. The Morgan fingerprint density at radius 1 is 0.882 bits per heavy atom. The molecule has 2 aromatic rings. The Morgan fingerprint density at radius 3 is 2.12 bits per heavy atom. The predicted molar refractivity (Wildman–Crippen MR) is 174 cm³/mol. The van der Waals surface area contributed by atoms with Gasteiger partial charge in [0.1, 0.15) is 10.1 Å². The van der Waals surface area contributed by atoms with E-state index >= 15 is 0 Å². The normalized spacial score (nSPS) is 16.4. The van der Waals surface area contributed by atoms with Gasteiger partial charge in [-0.3, -0.25) is 5.04 Å². The number of carbonyl (C=O) groups is 2. The van der Waals surface area contributed by atoms with Crippen molar-refractivity contribution in [3.8, 4) is 0 Å². The van der Waals surface area contributed by atoms with Crippen molar-refractivity contribution in [1.82, 2.24) is 0 Å². The van der Waals surface area contributed by atoms with E-state index in [0.29, 0.717) is 21.8 Å². The van der Waals surface area contributed by atoms with Gasteiger partial charge in [-0.25, -0.2) is 8.42 Å². The topological polar surface area (TPSA) is 185 Å². The standard InChI is InChI=1S/C33H36N2O10S2.CH4.3Na/c1-32(2)24-20-22(46-45-44-40)12-14-26(24)34(18-16-30(36)37)28(32)10-8-6-5-7-9-11-29-33(3,4)25-21-23(47(41,42)43)13-15-27(25)35(29)19-17-31(38)39;;;;/h5-15,20-21H,16-19H2,1-4H3,(H3-,36,37,38,39,40,41,42,43);1H4;;;/q;;3*+1/p-3. The average molecular weight is 767 g/mol. The van der Waals surface area contributed by atoms with Gasteiger partial charge in [0.15, 0.2) is 12.3 Å². The Labute approximate surface area is 370 Å². The number of benzene rings is 2. The predicted octanol–water partition coefficient (Wildman–Crippen LogP) is -6.52. The van der Waals surface area contributed by atoms with E-state index in [1.54, 1.807) is 41.3 Å². The minimum absolute atomic E-state index is 0. The minimum Gasteiger partial charge on any atom is -0.744 e. The van der Waals surface area contributed by atoms with Crippen LogP contribution in [0.4, 0.5) is 11.4 Å². The molecular formula is C34H37N2Na3O10S2. The Kier molecular flexibility index (Phi) is 20.7. The maximum atomic E-state index is 11.7. The first-order chi connectivity index (χ1) is 22.1. The van der Waals surface area contributed by atoms with Crippen molar-refractivity contribution in [2.24, 2.45) is 0 Å². The van der Waals surface area contributed by atoms with Crippen LogP contribution in [0, 0.1) is 0 Å². The Morgan fingerprint density at radius 2 is 1.51 bits per heavy atom. The summed E-state index contributed by atoms with van der Waals surface area (Å²) in [6.45, 7) is 8.01. The molecule has 2 aliphatic heterocycles. The Bertz CT molecular complexity index is 1840. The number of fused-ring (bicyclic) bond motifs is 2. The monoisotopic (exact) mass is 766 g/mol. The molecule has 51 heavy (non-hydrogen) atoms. The van der Waals surface area contributed by atoms with Crippen LogP contribution >= 0.6 is 12.0 Å². The van der Waals surface area contributed by atoms with E-state index < -0.39 is 32.9 Å². The van der Waals surface area contributed by atoms with Crippen molar-refractivity contribution in [2.45, 2.75) is 68.6 Å². The molecule has 2 aliphatic rings. The molecule has 2 heterocycles. The molecule has 2 aromatic carbocycles. The number of rotatable bonds is 14. The largest absolute Gasteiger partial charge is 1.00 e. The molecule has 258 valence electrons. The molecule has 0 atom stereocenters. The first-order valence-corrected chi connectivity index (χ1v) is 16.7. The van der Waals surface area contributed by atoms with Crippen molar-refractivity contribution in [2.75, 3.05) is 18.0 Å². The van der Waals surface area contributed by atoms with Gasteiger partial charge in [-0.1, -0.05) is 51.7 Å². The summed E-state index contributed by atoms with van der Waals surface area (Å²) in [7, 11) is -4.69. The number of anilines is 1. The van der Waals surface area contributed by atoms with E-state index in [4.69, 9.17) is 0 Å². The summed E-state index contributed by atoms with van der Waals surface area (Å²) in [4.78, 5) is 24.6.